The van der Waals surface area contributed by atoms with Crippen LogP contribution in [0.5, 0.6) is 0 Å². The zero-order chi connectivity index (χ0) is 15.1. The van der Waals surface area contributed by atoms with Gasteiger partial charge in [0.05, 0.1) is 17.9 Å². The smallest absolute Gasteiger partial charge is 0.112 e. The van der Waals surface area contributed by atoms with Gasteiger partial charge in [0.25, 0.3) is 0 Å². The molecule has 0 atom stereocenters. The molecule has 0 saturated carbocycles. The highest BCUT2D eigenvalue weighted by Crippen LogP contribution is 2.18. The second-order valence-electron chi connectivity index (χ2n) is 4.70. The molecule has 110 valence electrons. The Labute approximate surface area is 125 Å². The second kappa shape index (κ2) is 7.58. The monoisotopic (exact) mass is 284 g/mol. The molecule has 0 fully saturated rings. The average Bonchev–Trinajstić information content (AvgIpc) is 2.99. The summed E-state index contributed by atoms with van der Waals surface area (Å²) in [5.74, 6) is 0.956. The molecule has 0 aliphatic carbocycles. The van der Waals surface area contributed by atoms with Crippen LogP contribution in [0.15, 0.2) is 30.6 Å². The van der Waals surface area contributed by atoms with Crippen LogP contribution in [-0.4, -0.2) is 29.8 Å². The highest BCUT2D eigenvalue weighted by atomic mass is 16.5. The van der Waals surface area contributed by atoms with Gasteiger partial charge in [-0.15, -0.1) is 0 Å². The van der Waals surface area contributed by atoms with Crippen molar-refractivity contribution < 1.29 is 4.74 Å². The molecule has 2 rings (SSSR count). The lowest BCUT2D eigenvalue weighted by molar-refractivity contribution is 0.199. The summed E-state index contributed by atoms with van der Waals surface area (Å²) in [7, 11) is 1.68. The van der Waals surface area contributed by atoms with Gasteiger partial charge in [-0.25, -0.2) is 4.98 Å². The summed E-state index contributed by atoms with van der Waals surface area (Å²) in [6.45, 7) is 4.25. The zero-order valence-corrected chi connectivity index (χ0v) is 12.5. The van der Waals surface area contributed by atoms with Gasteiger partial charge in [0.2, 0.25) is 0 Å². The number of ether oxygens (including phenoxy) is 1. The van der Waals surface area contributed by atoms with Gasteiger partial charge in [0, 0.05) is 39.0 Å². The first-order valence-electron chi connectivity index (χ1n) is 7.05. The SMILES string of the molecule is CCc1nccn1-c1ccc(CNCCOC)cc1C#N. The van der Waals surface area contributed by atoms with Gasteiger partial charge in [0.1, 0.15) is 11.9 Å². The van der Waals surface area contributed by atoms with E-state index < -0.39 is 0 Å². The van der Waals surface area contributed by atoms with E-state index in [9.17, 15) is 5.26 Å². The first-order chi connectivity index (χ1) is 10.3. The summed E-state index contributed by atoms with van der Waals surface area (Å²) >= 11 is 0. The van der Waals surface area contributed by atoms with Gasteiger partial charge in [-0.1, -0.05) is 13.0 Å². The number of hydrogen-bond acceptors (Lipinski definition) is 4. The van der Waals surface area contributed by atoms with Crippen molar-refractivity contribution in [3.8, 4) is 11.8 Å². The van der Waals surface area contributed by atoms with Gasteiger partial charge in [-0.3, -0.25) is 0 Å². The molecule has 0 unspecified atom stereocenters. The van der Waals surface area contributed by atoms with Crippen molar-refractivity contribution in [2.45, 2.75) is 19.9 Å². The van der Waals surface area contributed by atoms with E-state index in [4.69, 9.17) is 4.74 Å². The van der Waals surface area contributed by atoms with Crippen LogP contribution in [0.4, 0.5) is 0 Å². The van der Waals surface area contributed by atoms with E-state index in [1.165, 1.54) is 0 Å². The molecular formula is C16H20N4O. The Bertz CT molecular complexity index is 627. The highest BCUT2D eigenvalue weighted by Gasteiger charge is 2.09. The van der Waals surface area contributed by atoms with E-state index in [0.717, 1.165) is 36.6 Å². The Morgan fingerprint density at radius 3 is 3.00 bits per heavy atom. The number of nitrogens with one attached hydrogen (secondary N) is 1. The first kappa shape index (κ1) is 15.2. The number of rotatable bonds is 7. The van der Waals surface area contributed by atoms with Crippen LogP contribution in [0.2, 0.25) is 0 Å². The molecule has 1 aromatic carbocycles. The lowest BCUT2D eigenvalue weighted by atomic mass is 10.1. The van der Waals surface area contributed by atoms with Gasteiger partial charge in [-0.2, -0.15) is 5.26 Å². The van der Waals surface area contributed by atoms with Crippen molar-refractivity contribution >= 4 is 0 Å². The zero-order valence-electron chi connectivity index (χ0n) is 12.5. The Morgan fingerprint density at radius 1 is 1.43 bits per heavy atom. The van der Waals surface area contributed by atoms with Crippen molar-refractivity contribution in [3.63, 3.8) is 0 Å². The number of nitrogens with zero attached hydrogens (tertiary/aromatic N) is 3. The second-order valence-corrected chi connectivity index (χ2v) is 4.70. The highest BCUT2D eigenvalue weighted by molar-refractivity contribution is 5.51. The molecule has 2 aromatic rings. The number of aromatic nitrogens is 2. The lowest BCUT2D eigenvalue weighted by Crippen LogP contribution is -2.18. The third-order valence-corrected chi connectivity index (χ3v) is 3.29. The van der Waals surface area contributed by atoms with E-state index in [1.807, 2.05) is 29.0 Å². The first-order valence-corrected chi connectivity index (χ1v) is 7.05. The number of methoxy groups -OCH3 is 1. The topological polar surface area (TPSA) is 62.9 Å². The fourth-order valence-electron chi connectivity index (χ4n) is 2.21. The number of benzene rings is 1. The quantitative estimate of drug-likeness (QED) is 0.790. The molecular weight excluding hydrogens is 264 g/mol. The molecule has 0 amide bonds. The maximum Gasteiger partial charge on any atom is 0.112 e. The van der Waals surface area contributed by atoms with Crippen LogP contribution in [0.1, 0.15) is 23.9 Å². The molecule has 5 nitrogen and oxygen atoms in total. The van der Waals surface area contributed by atoms with Crippen LogP contribution in [-0.2, 0) is 17.7 Å². The molecule has 1 aromatic heterocycles. The summed E-state index contributed by atoms with van der Waals surface area (Å²) in [6, 6.07) is 8.22. The number of nitriles is 1. The van der Waals surface area contributed by atoms with E-state index in [0.29, 0.717) is 12.2 Å². The van der Waals surface area contributed by atoms with Crippen molar-refractivity contribution in [1.82, 2.24) is 14.9 Å². The minimum atomic E-state index is 0.661. The van der Waals surface area contributed by atoms with Gasteiger partial charge >= 0.3 is 0 Å². The minimum absolute atomic E-state index is 0.661. The van der Waals surface area contributed by atoms with E-state index in [-0.39, 0.29) is 0 Å². The summed E-state index contributed by atoms with van der Waals surface area (Å²) in [5, 5.41) is 12.7. The van der Waals surface area contributed by atoms with Crippen molar-refractivity contribution in [3.05, 3.63) is 47.5 Å². The summed E-state index contributed by atoms with van der Waals surface area (Å²) in [5.41, 5.74) is 2.63. The molecule has 21 heavy (non-hydrogen) atoms. The third-order valence-electron chi connectivity index (χ3n) is 3.29. The normalized spacial score (nSPS) is 10.5. The summed E-state index contributed by atoms with van der Waals surface area (Å²) in [6.07, 6.45) is 4.49. The van der Waals surface area contributed by atoms with Gasteiger partial charge in [0.15, 0.2) is 0 Å². The predicted molar refractivity (Wildman–Crippen MR) is 81.2 cm³/mol. The van der Waals surface area contributed by atoms with Crippen LogP contribution >= 0.6 is 0 Å². The van der Waals surface area contributed by atoms with Crippen LogP contribution in [0.3, 0.4) is 0 Å². The van der Waals surface area contributed by atoms with Gasteiger partial charge in [-0.05, 0) is 17.7 Å². The molecule has 1 N–H and O–H groups in total. The van der Waals surface area contributed by atoms with E-state index >= 15 is 0 Å². The molecule has 0 aliphatic rings. The largest absolute Gasteiger partial charge is 0.383 e. The molecule has 0 spiro atoms. The minimum Gasteiger partial charge on any atom is -0.383 e. The maximum absolute atomic E-state index is 9.39. The van der Waals surface area contributed by atoms with Crippen LogP contribution in [0.25, 0.3) is 5.69 Å². The summed E-state index contributed by atoms with van der Waals surface area (Å²) in [4.78, 5) is 4.31. The Balaban J connectivity index is 2.19. The molecule has 0 aliphatic heterocycles. The fraction of sp³-hybridized carbons (Fsp3) is 0.375. The molecule has 1 heterocycles. The predicted octanol–water partition coefficient (Wildman–Crippen LogP) is 2.04. The number of aryl methyl sites for hydroxylation is 1. The van der Waals surface area contributed by atoms with Crippen molar-refractivity contribution in [2.75, 3.05) is 20.3 Å². The molecule has 5 heteroatoms. The molecule has 0 radical (unpaired) electrons. The average molecular weight is 284 g/mol. The van der Waals surface area contributed by atoms with E-state index in [1.54, 1.807) is 13.3 Å². The Kier molecular flexibility index (Phi) is 5.50. The number of imidazole rings is 1. The third kappa shape index (κ3) is 3.69. The maximum atomic E-state index is 9.39. The molecule has 0 bridgehead atoms. The number of hydrogen-bond donors (Lipinski definition) is 1. The fourth-order valence-corrected chi connectivity index (χ4v) is 2.21. The molecule has 0 saturated heterocycles. The summed E-state index contributed by atoms with van der Waals surface area (Å²) < 4.78 is 6.97. The van der Waals surface area contributed by atoms with Crippen LogP contribution < -0.4 is 5.32 Å². The van der Waals surface area contributed by atoms with Crippen molar-refractivity contribution in [1.29, 1.82) is 5.26 Å². The Morgan fingerprint density at radius 2 is 2.29 bits per heavy atom. The van der Waals surface area contributed by atoms with Crippen LogP contribution in [0, 0.1) is 11.3 Å². The lowest BCUT2D eigenvalue weighted by Gasteiger charge is -2.11. The van der Waals surface area contributed by atoms with Gasteiger partial charge < -0.3 is 14.6 Å². The van der Waals surface area contributed by atoms with Crippen molar-refractivity contribution in [2.24, 2.45) is 0 Å². The van der Waals surface area contributed by atoms with E-state index in [2.05, 4.69) is 23.3 Å². The Hall–Kier alpha value is -2.16. The standard InChI is InChI=1S/C16H20N4O/c1-3-16-19-6-8-20(16)15-5-4-13(10-14(15)11-17)12-18-7-9-21-2/h4-6,8,10,18H,3,7,9,12H2,1-2H3.